The summed E-state index contributed by atoms with van der Waals surface area (Å²) >= 11 is 12.1. The molecular weight excluding hydrogens is 411 g/mol. The molecule has 1 N–H and O–H groups in total. The molecule has 2 aromatic carbocycles. The normalized spacial score (nSPS) is 12.3. The van der Waals surface area contributed by atoms with Crippen molar-refractivity contribution in [3.8, 4) is 0 Å². The Balaban J connectivity index is 2.37. The quantitative estimate of drug-likeness (QED) is 0.704. The molecule has 1 amide bonds. The topological polar surface area (TPSA) is 83.6 Å². The fraction of sp³-hybridized carbons (Fsp3) is 0.222. The average molecular weight is 429 g/mol. The van der Waals surface area contributed by atoms with Gasteiger partial charge in [-0.3, -0.25) is 13.9 Å². The van der Waals surface area contributed by atoms with Gasteiger partial charge in [-0.2, -0.15) is 0 Å². The number of ketones is 1. The summed E-state index contributed by atoms with van der Waals surface area (Å²) in [7, 11) is -3.84. The van der Waals surface area contributed by atoms with Gasteiger partial charge in [0.2, 0.25) is 15.9 Å². The number of benzene rings is 2. The Kier molecular flexibility index (Phi) is 6.51. The highest BCUT2D eigenvalue weighted by Crippen LogP contribution is 2.32. The molecule has 0 aromatic heterocycles. The lowest BCUT2D eigenvalue weighted by Gasteiger charge is -2.29. The summed E-state index contributed by atoms with van der Waals surface area (Å²) in [5, 5.41) is 3.04. The van der Waals surface area contributed by atoms with Gasteiger partial charge in [0.05, 0.1) is 17.0 Å². The van der Waals surface area contributed by atoms with E-state index >= 15 is 0 Å². The minimum Gasteiger partial charge on any atom is -0.324 e. The highest BCUT2D eigenvalue weighted by atomic mass is 35.5. The van der Waals surface area contributed by atoms with Crippen molar-refractivity contribution in [2.45, 2.75) is 19.9 Å². The number of hydrogen-bond acceptors (Lipinski definition) is 4. The number of nitrogens with zero attached hydrogens (tertiary/aromatic N) is 1. The monoisotopic (exact) mass is 428 g/mol. The van der Waals surface area contributed by atoms with Gasteiger partial charge >= 0.3 is 0 Å². The molecule has 0 saturated heterocycles. The predicted octanol–water partition coefficient (Wildman–Crippen LogP) is 3.99. The van der Waals surface area contributed by atoms with E-state index < -0.39 is 22.0 Å². The van der Waals surface area contributed by atoms with Gasteiger partial charge in [-0.05, 0) is 44.2 Å². The van der Waals surface area contributed by atoms with Crippen LogP contribution in [0.2, 0.25) is 10.0 Å². The lowest BCUT2D eigenvalue weighted by molar-refractivity contribution is -0.116. The van der Waals surface area contributed by atoms with Crippen LogP contribution in [0.4, 0.5) is 11.4 Å². The van der Waals surface area contributed by atoms with E-state index in [0.29, 0.717) is 11.3 Å². The molecule has 0 bridgehead atoms. The Bertz CT molecular complexity index is 993. The van der Waals surface area contributed by atoms with Gasteiger partial charge in [-0.25, -0.2) is 8.42 Å². The van der Waals surface area contributed by atoms with E-state index in [4.69, 9.17) is 23.2 Å². The number of halogens is 2. The molecule has 0 saturated carbocycles. The van der Waals surface area contributed by atoms with Gasteiger partial charge < -0.3 is 5.32 Å². The summed E-state index contributed by atoms with van der Waals surface area (Å²) in [6, 6.07) is 9.61. The molecule has 0 aliphatic heterocycles. The summed E-state index contributed by atoms with van der Waals surface area (Å²) < 4.78 is 25.6. The zero-order valence-electron chi connectivity index (χ0n) is 14.9. The van der Waals surface area contributed by atoms with Gasteiger partial charge in [-0.15, -0.1) is 0 Å². The SMILES string of the molecule is CC(=O)c1cccc(NC(=O)[C@@H](C)N(c2cc(Cl)ccc2Cl)S(C)(=O)=O)c1. The van der Waals surface area contributed by atoms with Gasteiger partial charge in [0.25, 0.3) is 0 Å². The van der Waals surface area contributed by atoms with Crippen LogP contribution >= 0.6 is 23.2 Å². The molecule has 0 aliphatic carbocycles. The summed E-state index contributed by atoms with van der Waals surface area (Å²) in [4.78, 5) is 24.2. The Morgan fingerprint density at radius 2 is 1.78 bits per heavy atom. The van der Waals surface area contributed by atoms with Crippen LogP contribution in [-0.2, 0) is 14.8 Å². The van der Waals surface area contributed by atoms with Gasteiger partial charge in [0.1, 0.15) is 6.04 Å². The van der Waals surface area contributed by atoms with E-state index in [0.717, 1.165) is 10.6 Å². The van der Waals surface area contributed by atoms with Crippen LogP contribution in [0.5, 0.6) is 0 Å². The Labute approximate surface area is 168 Å². The Morgan fingerprint density at radius 3 is 2.37 bits per heavy atom. The van der Waals surface area contributed by atoms with Crippen LogP contribution in [0, 0.1) is 0 Å². The highest BCUT2D eigenvalue weighted by molar-refractivity contribution is 7.92. The second kappa shape index (κ2) is 8.29. The Hall–Kier alpha value is -2.09. The van der Waals surface area contributed by atoms with Crippen molar-refractivity contribution >= 4 is 56.3 Å². The van der Waals surface area contributed by atoms with Crippen molar-refractivity contribution in [3.05, 3.63) is 58.1 Å². The van der Waals surface area contributed by atoms with Crippen LogP contribution in [0.1, 0.15) is 24.2 Å². The third-order valence-corrected chi connectivity index (χ3v) is 5.55. The van der Waals surface area contributed by atoms with E-state index in [9.17, 15) is 18.0 Å². The number of anilines is 2. The van der Waals surface area contributed by atoms with Gasteiger partial charge in [0, 0.05) is 16.3 Å². The molecule has 0 aliphatic rings. The number of hydrogen-bond donors (Lipinski definition) is 1. The maximum Gasteiger partial charge on any atom is 0.247 e. The number of rotatable bonds is 6. The number of Topliss-reactive ketones (excluding diaryl/α,β-unsaturated/α-hetero) is 1. The third kappa shape index (κ3) is 5.22. The molecule has 27 heavy (non-hydrogen) atoms. The molecule has 0 heterocycles. The smallest absolute Gasteiger partial charge is 0.247 e. The fourth-order valence-electron chi connectivity index (χ4n) is 2.50. The van der Waals surface area contributed by atoms with Crippen molar-refractivity contribution in [1.29, 1.82) is 0 Å². The average Bonchev–Trinajstić information content (AvgIpc) is 2.57. The molecule has 0 radical (unpaired) electrons. The van der Waals surface area contributed by atoms with Crippen molar-refractivity contribution in [3.63, 3.8) is 0 Å². The largest absolute Gasteiger partial charge is 0.324 e. The molecule has 1 atom stereocenters. The van der Waals surface area contributed by atoms with Crippen molar-refractivity contribution < 1.29 is 18.0 Å². The predicted molar refractivity (Wildman–Crippen MR) is 108 cm³/mol. The maximum atomic E-state index is 12.7. The molecule has 0 fully saturated rings. The lowest BCUT2D eigenvalue weighted by Crippen LogP contribution is -2.45. The summed E-state index contributed by atoms with van der Waals surface area (Å²) in [5.74, 6) is -0.736. The van der Waals surface area contributed by atoms with E-state index in [1.807, 2.05) is 0 Å². The minimum absolute atomic E-state index is 0.104. The Morgan fingerprint density at radius 1 is 1.11 bits per heavy atom. The molecule has 144 valence electrons. The van der Waals surface area contributed by atoms with E-state index in [1.54, 1.807) is 18.2 Å². The number of carbonyl (C=O) groups is 2. The minimum atomic E-state index is -3.84. The van der Waals surface area contributed by atoms with Gasteiger partial charge in [0.15, 0.2) is 5.78 Å². The number of amides is 1. The molecule has 6 nitrogen and oxygen atoms in total. The lowest BCUT2D eigenvalue weighted by atomic mass is 10.1. The van der Waals surface area contributed by atoms with Crippen molar-refractivity contribution in [1.82, 2.24) is 0 Å². The summed E-state index contributed by atoms with van der Waals surface area (Å²) in [5.41, 5.74) is 0.912. The first-order chi connectivity index (χ1) is 12.5. The zero-order chi connectivity index (χ0) is 20.4. The first kappa shape index (κ1) is 21.2. The summed E-state index contributed by atoms with van der Waals surface area (Å²) in [6.45, 7) is 2.85. The first-order valence-electron chi connectivity index (χ1n) is 7.87. The van der Waals surface area contributed by atoms with E-state index in [2.05, 4.69) is 5.32 Å². The molecular formula is C18H18Cl2N2O4S. The molecule has 2 rings (SSSR count). The molecule has 0 unspecified atom stereocenters. The number of sulfonamides is 1. The van der Waals surface area contributed by atoms with Crippen LogP contribution < -0.4 is 9.62 Å². The van der Waals surface area contributed by atoms with Gasteiger partial charge in [-0.1, -0.05) is 35.3 Å². The van der Waals surface area contributed by atoms with Crippen molar-refractivity contribution in [2.75, 3.05) is 15.9 Å². The van der Waals surface area contributed by atoms with E-state index in [1.165, 1.54) is 38.1 Å². The molecule has 2 aromatic rings. The number of nitrogens with one attached hydrogen (secondary N) is 1. The molecule has 9 heteroatoms. The zero-order valence-corrected chi connectivity index (χ0v) is 17.2. The van der Waals surface area contributed by atoms with Crippen LogP contribution in [0.3, 0.4) is 0 Å². The second-order valence-electron chi connectivity index (χ2n) is 5.96. The maximum absolute atomic E-state index is 12.7. The summed E-state index contributed by atoms with van der Waals surface area (Å²) in [6.07, 6.45) is 0.977. The van der Waals surface area contributed by atoms with Crippen LogP contribution in [-0.4, -0.2) is 32.4 Å². The van der Waals surface area contributed by atoms with Crippen LogP contribution in [0.15, 0.2) is 42.5 Å². The highest BCUT2D eigenvalue weighted by Gasteiger charge is 2.31. The first-order valence-corrected chi connectivity index (χ1v) is 10.5. The third-order valence-electron chi connectivity index (χ3n) is 3.77. The van der Waals surface area contributed by atoms with E-state index in [-0.39, 0.29) is 21.5 Å². The standard InChI is InChI=1S/C18H18Cl2N2O4S/c1-11(18(24)21-15-6-4-5-13(9-15)12(2)23)22(27(3,25)26)17-10-14(19)7-8-16(17)20/h4-11H,1-3H3,(H,21,24)/t11-/m1/s1. The molecule has 0 spiro atoms. The second-order valence-corrected chi connectivity index (χ2v) is 8.66. The number of carbonyl (C=O) groups excluding carboxylic acids is 2. The van der Waals surface area contributed by atoms with Crippen LogP contribution in [0.25, 0.3) is 0 Å². The fourth-order valence-corrected chi connectivity index (χ4v) is 4.10. The van der Waals surface area contributed by atoms with Crippen molar-refractivity contribution in [2.24, 2.45) is 0 Å².